The molecule has 1 aliphatic carbocycles. The van der Waals surface area contributed by atoms with Crippen molar-refractivity contribution >= 4 is 0 Å². The minimum Gasteiger partial charge on any atom is -0.393 e. The van der Waals surface area contributed by atoms with Gasteiger partial charge in [0.1, 0.15) is 0 Å². The molecule has 2 nitrogen and oxygen atoms in total. The van der Waals surface area contributed by atoms with Crippen molar-refractivity contribution in [2.24, 2.45) is 5.92 Å². The van der Waals surface area contributed by atoms with E-state index < -0.39 is 0 Å². The largest absolute Gasteiger partial charge is 0.393 e. The fraction of sp³-hybridized carbons (Fsp3) is 0.769. The molecule has 0 amide bonds. The summed E-state index contributed by atoms with van der Waals surface area (Å²) in [5.74, 6) is 0.457. The monoisotopic (exact) mass is 385 g/mol. The highest BCUT2D eigenvalue weighted by Crippen LogP contribution is 2.49. The molecule has 1 saturated heterocycles. The molecular weight excluding hydrogens is 342 g/mol. The molecule has 1 aromatic carbocycles. The Balaban J connectivity index is 1.89. The molecule has 1 heterocycles. The maximum Gasteiger partial charge on any atom is 0.0586 e. The standard InChI is InChI=1S/C26H43NO/c1-3-5-8-15-23-16-11-19-26(27(23)21-22-13-9-7-10-14-22)20-12-18-25(28)24(26)17-6-4-2/h7,9-10,13-14,23-25,28H,3-6,8,11-12,15-21H2,1-2H3/t23-,24-,25+,26+/m0/s1. The van der Waals surface area contributed by atoms with Gasteiger partial charge in [-0.2, -0.15) is 0 Å². The summed E-state index contributed by atoms with van der Waals surface area (Å²) in [4.78, 5) is 2.91. The highest BCUT2D eigenvalue weighted by atomic mass is 16.3. The second-order valence-electron chi connectivity index (χ2n) is 9.47. The van der Waals surface area contributed by atoms with Crippen molar-refractivity contribution in [2.75, 3.05) is 0 Å². The first-order chi connectivity index (χ1) is 13.7. The van der Waals surface area contributed by atoms with Crippen LogP contribution in [0.2, 0.25) is 0 Å². The normalized spacial score (nSPS) is 31.3. The zero-order chi connectivity index (χ0) is 19.8. The number of likely N-dealkylation sites (tertiary alicyclic amines) is 1. The smallest absolute Gasteiger partial charge is 0.0586 e. The first-order valence-corrected chi connectivity index (χ1v) is 12.2. The van der Waals surface area contributed by atoms with Crippen LogP contribution in [0.4, 0.5) is 0 Å². The molecule has 0 unspecified atom stereocenters. The van der Waals surface area contributed by atoms with Gasteiger partial charge in [0.15, 0.2) is 0 Å². The molecule has 158 valence electrons. The van der Waals surface area contributed by atoms with Crippen molar-refractivity contribution < 1.29 is 5.11 Å². The summed E-state index contributed by atoms with van der Waals surface area (Å²) in [7, 11) is 0. The van der Waals surface area contributed by atoms with E-state index in [1.807, 2.05) is 0 Å². The number of hydrogen-bond acceptors (Lipinski definition) is 2. The minimum atomic E-state index is -0.104. The number of aliphatic hydroxyl groups excluding tert-OH is 1. The van der Waals surface area contributed by atoms with Gasteiger partial charge in [-0.3, -0.25) is 4.90 Å². The number of nitrogens with zero attached hydrogens (tertiary/aromatic N) is 1. The molecular formula is C26H43NO. The molecule has 1 aliphatic heterocycles. The Morgan fingerprint density at radius 1 is 0.929 bits per heavy atom. The molecule has 3 rings (SSSR count). The third-order valence-corrected chi connectivity index (χ3v) is 7.63. The van der Waals surface area contributed by atoms with Gasteiger partial charge in [-0.15, -0.1) is 0 Å². The summed E-state index contributed by atoms with van der Waals surface area (Å²) < 4.78 is 0. The number of rotatable bonds is 9. The highest BCUT2D eigenvalue weighted by molar-refractivity contribution is 5.17. The van der Waals surface area contributed by atoms with Gasteiger partial charge < -0.3 is 5.11 Å². The fourth-order valence-corrected chi connectivity index (χ4v) is 6.22. The number of hydrogen-bond donors (Lipinski definition) is 1. The van der Waals surface area contributed by atoms with Gasteiger partial charge in [-0.1, -0.05) is 82.7 Å². The quantitative estimate of drug-likeness (QED) is 0.477. The predicted molar refractivity (Wildman–Crippen MR) is 119 cm³/mol. The fourth-order valence-electron chi connectivity index (χ4n) is 6.22. The Morgan fingerprint density at radius 3 is 2.36 bits per heavy atom. The van der Waals surface area contributed by atoms with Crippen LogP contribution in [0, 0.1) is 5.92 Å². The molecule has 4 atom stereocenters. The van der Waals surface area contributed by atoms with Gasteiger partial charge in [-0.05, 0) is 50.5 Å². The van der Waals surface area contributed by atoms with Crippen LogP contribution in [0.15, 0.2) is 30.3 Å². The van der Waals surface area contributed by atoms with Gasteiger partial charge >= 0.3 is 0 Å². The number of piperidine rings is 1. The molecule has 0 radical (unpaired) electrons. The Hall–Kier alpha value is -0.860. The van der Waals surface area contributed by atoms with Gasteiger partial charge in [0, 0.05) is 24.0 Å². The van der Waals surface area contributed by atoms with E-state index in [1.165, 1.54) is 82.6 Å². The maximum absolute atomic E-state index is 11.1. The summed E-state index contributed by atoms with van der Waals surface area (Å²) in [5, 5.41) is 11.1. The molecule has 2 fully saturated rings. The average molecular weight is 386 g/mol. The van der Waals surface area contributed by atoms with E-state index in [1.54, 1.807) is 0 Å². The van der Waals surface area contributed by atoms with E-state index in [9.17, 15) is 5.11 Å². The summed E-state index contributed by atoms with van der Waals surface area (Å²) in [6, 6.07) is 11.8. The summed E-state index contributed by atoms with van der Waals surface area (Å²) in [6.07, 6.45) is 16.4. The molecule has 2 heteroatoms. The Bertz CT molecular complexity index is 555. The minimum absolute atomic E-state index is 0.104. The van der Waals surface area contributed by atoms with Crippen LogP contribution in [-0.2, 0) is 6.54 Å². The van der Waals surface area contributed by atoms with Crippen LogP contribution in [0.3, 0.4) is 0 Å². The first kappa shape index (κ1) is 21.8. The van der Waals surface area contributed by atoms with Gasteiger partial charge in [-0.25, -0.2) is 0 Å². The second-order valence-corrected chi connectivity index (χ2v) is 9.47. The number of benzene rings is 1. The topological polar surface area (TPSA) is 23.5 Å². The summed E-state index contributed by atoms with van der Waals surface area (Å²) in [5.41, 5.74) is 1.66. The first-order valence-electron chi connectivity index (χ1n) is 12.2. The van der Waals surface area contributed by atoms with E-state index in [2.05, 4.69) is 49.1 Å². The molecule has 0 aromatic heterocycles. The zero-order valence-corrected chi connectivity index (χ0v) is 18.4. The van der Waals surface area contributed by atoms with Gasteiger partial charge in [0.25, 0.3) is 0 Å². The van der Waals surface area contributed by atoms with Crippen molar-refractivity contribution in [3.8, 4) is 0 Å². The van der Waals surface area contributed by atoms with Crippen molar-refractivity contribution in [1.82, 2.24) is 4.90 Å². The molecule has 1 saturated carbocycles. The Kier molecular flexibility index (Phi) is 8.41. The lowest BCUT2D eigenvalue weighted by molar-refractivity contribution is -0.116. The van der Waals surface area contributed by atoms with E-state index in [4.69, 9.17) is 0 Å². The Morgan fingerprint density at radius 2 is 1.64 bits per heavy atom. The lowest BCUT2D eigenvalue weighted by atomic mass is 9.63. The zero-order valence-electron chi connectivity index (χ0n) is 18.4. The van der Waals surface area contributed by atoms with Crippen molar-refractivity contribution in [3.63, 3.8) is 0 Å². The lowest BCUT2D eigenvalue weighted by Gasteiger charge is -2.59. The second kappa shape index (κ2) is 10.8. The molecule has 1 N–H and O–H groups in total. The van der Waals surface area contributed by atoms with Crippen LogP contribution < -0.4 is 0 Å². The summed E-state index contributed by atoms with van der Waals surface area (Å²) in [6.45, 7) is 5.66. The van der Waals surface area contributed by atoms with Crippen LogP contribution in [0.5, 0.6) is 0 Å². The molecule has 0 bridgehead atoms. The number of aliphatic hydroxyl groups is 1. The van der Waals surface area contributed by atoms with E-state index in [0.29, 0.717) is 12.0 Å². The maximum atomic E-state index is 11.1. The molecule has 1 spiro atoms. The highest BCUT2D eigenvalue weighted by Gasteiger charge is 2.51. The average Bonchev–Trinajstić information content (AvgIpc) is 2.71. The molecule has 2 aliphatic rings. The van der Waals surface area contributed by atoms with Crippen molar-refractivity contribution in [1.29, 1.82) is 0 Å². The Labute approximate surface area is 173 Å². The van der Waals surface area contributed by atoms with Crippen LogP contribution >= 0.6 is 0 Å². The predicted octanol–water partition coefficient (Wildman–Crippen LogP) is 6.71. The lowest BCUT2D eigenvalue weighted by Crippen LogP contribution is -2.63. The van der Waals surface area contributed by atoms with Gasteiger partial charge in [0.2, 0.25) is 0 Å². The SMILES string of the molecule is CCCCC[C@H]1CCC[C@]2(CCC[C@@H](O)[C@@H]2CCCC)N1Cc1ccccc1. The van der Waals surface area contributed by atoms with E-state index in [0.717, 1.165) is 13.0 Å². The molecule has 1 aromatic rings. The van der Waals surface area contributed by atoms with E-state index >= 15 is 0 Å². The third kappa shape index (κ3) is 5.00. The van der Waals surface area contributed by atoms with Crippen molar-refractivity contribution in [2.45, 2.75) is 122 Å². The van der Waals surface area contributed by atoms with E-state index in [-0.39, 0.29) is 11.6 Å². The molecule has 28 heavy (non-hydrogen) atoms. The summed E-state index contributed by atoms with van der Waals surface area (Å²) >= 11 is 0. The van der Waals surface area contributed by atoms with Gasteiger partial charge in [0.05, 0.1) is 6.10 Å². The van der Waals surface area contributed by atoms with Crippen LogP contribution in [0.1, 0.15) is 103 Å². The van der Waals surface area contributed by atoms with Crippen LogP contribution in [0.25, 0.3) is 0 Å². The number of unbranched alkanes of at least 4 members (excludes halogenated alkanes) is 3. The van der Waals surface area contributed by atoms with Crippen molar-refractivity contribution in [3.05, 3.63) is 35.9 Å². The van der Waals surface area contributed by atoms with Crippen LogP contribution in [-0.4, -0.2) is 27.7 Å². The third-order valence-electron chi connectivity index (χ3n) is 7.63.